The molecule has 0 saturated carbocycles. The first kappa shape index (κ1) is 31.4. The van der Waals surface area contributed by atoms with E-state index in [2.05, 4.69) is 20.5 Å². The largest absolute Gasteiger partial charge is 0.507 e. The Hall–Kier alpha value is -4.16. The number of carbonyl (C=O) groups is 2. The normalized spacial score (nSPS) is 11.5. The maximum Gasteiger partial charge on any atom is 0.294 e. The molecule has 1 aromatic heterocycles. The summed E-state index contributed by atoms with van der Waals surface area (Å²) in [5.74, 6) is 0.322. The van der Waals surface area contributed by atoms with Crippen LogP contribution in [0.25, 0.3) is 0 Å². The molecule has 3 aromatic rings. The fourth-order valence-electron chi connectivity index (χ4n) is 4.02. The topological polar surface area (TPSA) is 168 Å². The monoisotopic (exact) mass is 582 g/mol. The van der Waals surface area contributed by atoms with Gasteiger partial charge in [0.15, 0.2) is 11.6 Å². The number of azo groups is 1. The third kappa shape index (κ3) is 9.47. The molecule has 2 aromatic carbocycles. The lowest BCUT2D eigenvalue weighted by Gasteiger charge is -2.13. The molecule has 11 nitrogen and oxygen atoms in total. The highest BCUT2D eigenvalue weighted by Crippen LogP contribution is 2.29. The Bertz CT molecular complexity index is 1490. The molecule has 0 aliphatic rings. The van der Waals surface area contributed by atoms with E-state index in [-0.39, 0.29) is 34.7 Å². The standard InChI is InChI=1S/C29H34N4O7S/c1-3-21-16-24(20(2)34)25(35)17-26(21)40-15-9-5-4-8-14-30-29(36)23-12-13-28(31-18-23)33-32-19-22-10-6-7-11-27(22)41(37,38)39/h6-7,10-13,16-18,35H,3-5,8-9,14-15,19H2,1-2H3,(H,30,36)(H,37,38,39). The number of phenols is 1. The van der Waals surface area contributed by atoms with Crippen LogP contribution in [-0.4, -0.2) is 47.9 Å². The molecule has 3 N–H and O–H groups in total. The predicted octanol–water partition coefficient (Wildman–Crippen LogP) is 5.45. The van der Waals surface area contributed by atoms with Crippen LogP contribution in [0.15, 0.2) is 69.9 Å². The molecule has 41 heavy (non-hydrogen) atoms. The van der Waals surface area contributed by atoms with Crippen LogP contribution >= 0.6 is 0 Å². The van der Waals surface area contributed by atoms with Gasteiger partial charge in [0.05, 0.1) is 29.2 Å². The van der Waals surface area contributed by atoms with Crippen molar-refractivity contribution < 1.29 is 32.4 Å². The summed E-state index contributed by atoms with van der Waals surface area (Å²) in [7, 11) is -4.36. The summed E-state index contributed by atoms with van der Waals surface area (Å²) in [6, 6.07) is 12.2. The number of hydrogen-bond donors (Lipinski definition) is 3. The van der Waals surface area contributed by atoms with Crippen molar-refractivity contribution in [3.05, 3.63) is 77.0 Å². The molecule has 1 amide bonds. The molecule has 0 fully saturated rings. The second-order valence-electron chi connectivity index (χ2n) is 9.29. The predicted molar refractivity (Wildman–Crippen MR) is 152 cm³/mol. The highest BCUT2D eigenvalue weighted by Gasteiger charge is 2.14. The van der Waals surface area contributed by atoms with E-state index < -0.39 is 10.1 Å². The number of ketones is 1. The Kier molecular flexibility index (Phi) is 11.5. The molecule has 12 heteroatoms. The first-order chi connectivity index (χ1) is 19.6. The zero-order valence-corrected chi connectivity index (χ0v) is 23.9. The molecule has 0 aliphatic heterocycles. The van der Waals surface area contributed by atoms with E-state index in [0.29, 0.717) is 42.0 Å². The van der Waals surface area contributed by atoms with Crippen LogP contribution < -0.4 is 10.1 Å². The first-order valence-electron chi connectivity index (χ1n) is 13.3. The quantitative estimate of drug-likeness (QED) is 0.0920. The van der Waals surface area contributed by atoms with Gasteiger partial charge in [0.25, 0.3) is 16.0 Å². The lowest BCUT2D eigenvalue weighted by atomic mass is 10.0. The fraction of sp³-hybridized carbons (Fsp3) is 0.345. The molecule has 0 aliphatic carbocycles. The van der Waals surface area contributed by atoms with E-state index in [1.54, 1.807) is 18.2 Å². The van der Waals surface area contributed by atoms with Crippen molar-refractivity contribution in [2.45, 2.75) is 57.4 Å². The maximum atomic E-state index is 12.4. The van der Waals surface area contributed by atoms with Crippen LogP contribution in [-0.2, 0) is 23.1 Å². The smallest absolute Gasteiger partial charge is 0.294 e. The van der Waals surface area contributed by atoms with E-state index >= 15 is 0 Å². The van der Waals surface area contributed by atoms with Crippen molar-refractivity contribution in [3.63, 3.8) is 0 Å². The number of phenolic OH excluding ortho intramolecular Hbond substituents is 1. The zero-order chi connectivity index (χ0) is 29.8. The molecule has 0 bridgehead atoms. The van der Waals surface area contributed by atoms with Crippen LogP contribution in [0, 0.1) is 0 Å². The highest BCUT2D eigenvalue weighted by molar-refractivity contribution is 7.85. The lowest BCUT2D eigenvalue weighted by Crippen LogP contribution is -2.24. The minimum Gasteiger partial charge on any atom is -0.507 e. The van der Waals surface area contributed by atoms with E-state index in [9.17, 15) is 27.7 Å². The average molecular weight is 583 g/mol. The fourth-order valence-corrected chi connectivity index (χ4v) is 4.74. The number of benzene rings is 2. The van der Waals surface area contributed by atoms with Crippen LogP contribution in [0.5, 0.6) is 11.5 Å². The second kappa shape index (κ2) is 15.0. The molecule has 0 spiro atoms. The third-order valence-corrected chi connectivity index (χ3v) is 7.18. The summed E-state index contributed by atoms with van der Waals surface area (Å²) in [6.07, 6.45) is 5.49. The van der Waals surface area contributed by atoms with Gasteiger partial charge in [-0.3, -0.25) is 14.1 Å². The van der Waals surface area contributed by atoms with Crippen molar-refractivity contribution in [1.29, 1.82) is 0 Å². The lowest BCUT2D eigenvalue weighted by molar-refractivity contribution is 0.0951. The Labute approximate surface area is 239 Å². The zero-order valence-electron chi connectivity index (χ0n) is 23.0. The number of nitrogens with one attached hydrogen (secondary N) is 1. The third-order valence-electron chi connectivity index (χ3n) is 6.23. The number of hydrogen-bond acceptors (Lipinski definition) is 9. The Morgan fingerprint density at radius 3 is 2.46 bits per heavy atom. The van der Waals surface area contributed by atoms with Crippen molar-refractivity contribution in [2.24, 2.45) is 10.2 Å². The molecule has 218 valence electrons. The molecule has 0 unspecified atom stereocenters. The number of ether oxygens (including phenoxy) is 1. The van der Waals surface area contributed by atoms with E-state index in [1.807, 2.05) is 6.92 Å². The maximum absolute atomic E-state index is 12.4. The number of unbranched alkanes of at least 4 members (excludes halogenated alkanes) is 3. The number of aromatic hydroxyl groups is 1. The van der Waals surface area contributed by atoms with Gasteiger partial charge in [-0.25, -0.2) is 4.98 Å². The molecular weight excluding hydrogens is 548 g/mol. The van der Waals surface area contributed by atoms with Crippen LogP contribution in [0.1, 0.15) is 71.4 Å². The number of pyridine rings is 1. The Balaban J connectivity index is 1.35. The van der Waals surface area contributed by atoms with E-state index in [4.69, 9.17) is 4.74 Å². The number of amides is 1. The average Bonchev–Trinajstić information content (AvgIpc) is 2.94. The highest BCUT2D eigenvalue weighted by atomic mass is 32.2. The van der Waals surface area contributed by atoms with Crippen molar-refractivity contribution >= 4 is 27.6 Å². The van der Waals surface area contributed by atoms with Crippen LogP contribution in [0.2, 0.25) is 0 Å². The van der Waals surface area contributed by atoms with Gasteiger partial charge in [-0.1, -0.05) is 38.0 Å². The number of Topliss-reactive ketones (excluding diaryl/α,β-unsaturated/α-hetero) is 1. The van der Waals surface area contributed by atoms with Gasteiger partial charge in [-0.15, -0.1) is 5.11 Å². The summed E-state index contributed by atoms with van der Waals surface area (Å²) in [5, 5.41) is 20.8. The van der Waals surface area contributed by atoms with E-state index in [1.165, 1.54) is 43.5 Å². The van der Waals surface area contributed by atoms with Gasteiger partial charge in [-0.2, -0.15) is 13.5 Å². The first-order valence-corrected chi connectivity index (χ1v) is 14.7. The SMILES string of the molecule is CCc1cc(C(C)=O)c(O)cc1OCCCCCCNC(=O)c1ccc(N=NCc2ccccc2S(=O)(=O)O)nc1. The minimum atomic E-state index is -4.36. The summed E-state index contributed by atoms with van der Waals surface area (Å²) in [5.41, 5.74) is 1.85. The van der Waals surface area contributed by atoms with Crippen molar-refractivity contribution in [3.8, 4) is 11.5 Å². The molecule has 0 saturated heterocycles. The summed E-state index contributed by atoms with van der Waals surface area (Å²) in [6.45, 7) is 4.31. The molecular formula is C29H34N4O7S. The number of aryl methyl sites for hydroxylation is 1. The molecule has 3 rings (SSSR count). The summed E-state index contributed by atoms with van der Waals surface area (Å²) >= 11 is 0. The molecule has 1 heterocycles. The van der Waals surface area contributed by atoms with Gasteiger partial charge < -0.3 is 15.2 Å². The number of carbonyl (C=O) groups excluding carboxylic acids is 2. The van der Waals surface area contributed by atoms with Crippen molar-refractivity contribution in [2.75, 3.05) is 13.2 Å². The van der Waals surface area contributed by atoms with Crippen LogP contribution in [0.4, 0.5) is 5.82 Å². The van der Waals surface area contributed by atoms with Crippen molar-refractivity contribution in [1.82, 2.24) is 10.3 Å². The van der Waals surface area contributed by atoms with Crippen LogP contribution in [0.3, 0.4) is 0 Å². The number of aromatic nitrogens is 1. The van der Waals surface area contributed by atoms with Gasteiger partial charge in [0.2, 0.25) is 0 Å². The molecule has 0 radical (unpaired) electrons. The summed E-state index contributed by atoms with van der Waals surface area (Å²) in [4.78, 5) is 27.9. The van der Waals surface area contributed by atoms with Gasteiger partial charge >= 0.3 is 0 Å². The van der Waals surface area contributed by atoms with E-state index in [0.717, 1.165) is 31.2 Å². The number of nitrogens with zero attached hydrogens (tertiary/aromatic N) is 3. The number of rotatable bonds is 15. The Morgan fingerprint density at radius 1 is 1.02 bits per heavy atom. The van der Waals surface area contributed by atoms with Gasteiger partial charge in [0, 0.05) is 18.8 Å². The molecule has 0 atom stereocenters. The second-order valence-corrected chi connectivity index (χ2v) is 10.7. The summed E-state index contributed by atoms with van der Waals surface area (Å²) < 4.78 is 38.0. The Morgan fingerprint density at radius 2 is 1.78 bits per heavy atom. The minimum absolute atomic E-state index is 0.0659. The van der Waals surface area contributed by atoms with Gasteiger partial charge in [-0.05, 0) is 61.6 Å². The van der Waals surface area contributed by atoms with Gasteiger partial charge in [0.1, 0.15) is 11.5 Å².